The van der Waals surface area contributed by atoms with Crippen molar-refractivity contribution in [3.05, 3.63) is 71.8 Å². The molecule has 2 aliphatic rings. The second-order valence-electron chi connectivity index (χ2n) is 8.29. The molecule has 31 heavy (non-hydrogen) atoms. The summed E-state index contributed by atoms with van der Waals surface area (Å²) in [6.45, 7) is 2.25. The number of hydrogen-bond acceptors (Lipinski definition) is 4. The second-order valence-corrected chi connectivity index (χ2v) is 9.51. The first kappa shape index (κ1) is 23.4. The molecule has 0 spiro atoms. The van der Waals surface area contributed by atoms with Crippen molar-refractivity contribution in [2.24, 2.45) is 5.41 Å². The molecule has 2 aromatic rings. The topological polar surface area (TPSA) is 69.6 Å². The highest BCUT2D eigenvalue weighted by molar-refractivity contribution is 7.99. The molecule has 2 aromatic carbocycles. The molecule has 2 heterocycles. The van der Waals surface area contributed by atoms with Crippen molar-refractivity contribution in [1.82, 2.24) is 10.2 Å². The molecule has 2 N–H and O–H groups in total. The van der Waals surface area contributed by atoms with Gasteiger partial charge >= 0.3 is 0 Å². The lowest BCUT2D eigenvalue weighted by Gasteiger charge is -2.53. The van der Waals surface area contributed by atoms with Crippen molar-refractivity contribution in [3.63, 3.8) is 0 Å². The Morgan fingerprint density at radius 1 is 1.03 bits per heavy atom. The third-order valence-electron chi connectivity index (χ3n) is 6.13. The van der Waals surface area contributed by atoms with Gasteiger partial charge in [-0.15, -0.1) is 0 Å². The highest BCUT2D eigenvalue weighted by atomic mass is 32.2. The molecule has 2 aliphatic heterocycles. The molecule has 0 aliphatic carbocycles. The van der Waals surface area contributed by atoms with E-state index in [2.05, 4.69) is 70.5 Å². The molecule has 0 saturated carbocycles. The SMILES string of the molecule is O=C(NCCc1ccccc1)C1(Cc2ccccc2)CN(C2CCSCC2)C1.O=CO. The monoisotopic (exact) mass is 440 g/mol. The molecule has 2 saturated heterocycles. The van der Waals surface area contributed by atoms with Gasteiger partial charge in [-0.3, -0.25) is 14.5 Å². The number of nitrogens with zero attached hydrogens (tertiary/aromatic N) is 1. The summed E-state index contributed by atoms with van der Waals surface area (Å²) in [5, 5.41) is 10.1. The molecule has 6 heteroatoms. The van der Waals surface area contributed by atoms with Gasteiger partial charge in [-0.2, -0.15) is 11.8 Å². The van der Waals surface area contributed by atoms with Gasteiger partial charge in [0.25, 0.3) is 6.47 Å². The summed E-state index contributed by atoms with van der Waals surface area (Å²) in [7, 11) is 0. The third kappa shape index (κ3) is 6.58. The van der Waals surface area contributed by atoms with Crippen LogP contribution in [0.1, 0.15) is 24.0 Å². The molecule has 166 valence electrons. The van der Waals surface area contributed by atoms with E-state index in [0.29, 0.717) is 12.6 Å². The van der Waals surface area contributed by atoms with E-state index in [1.165, 1.54) is 35.5 Å². The molecule has 0 radical (unpaired) electrons. The Bertz CT molecular complexity index is 804. The van der Waals surface area contributed by atoms with Gasteiger partial charge in [0.2, 0.25) is 5.91 Å². The second kappa shape index (κ2) is 11.9. The Labute approximate surface area is 189 Å². The summed E-state index contributed by atoms with van der Waals surface area (Å²) < 4.78 is 0. The van der Waals surface area contributed by atoms with Crippen LogP contribution in [0.2, 0.25) is 0 Å². The standard InChI is InChI=1S/C24H30N2OS.CH2O2/c27-23(25-14-11-20-7-3-1-4-8-20)24(17-21-9-5-2-6-10-21)18-26(19-24)22-12-15-28-16-13-22;2-1-3/h1-10,22H,11-19H2,(H,25,27);1H,(H,2,3). The molecule has 0 aromatic heterocycles. The van der Waals surface area contributed by atoms with Crippen LogP contribution >= 0.6 is 11.8 Å². The van der Waals surface area contributed by atoms with Gasteiger partial charge in [-0.1, -0.05) is 60.7 Å². The van der Waals surface area contributed by atoms with Crippen LogP contribution in [0.4, 0.5) is 0 Å². The molecule has 0 atom stereocenters. The van der Waals surface area contributed by atoms with Crippen LogP contribution in [-0.4, -0.2) is 59.6 Å². The minimum Gasteiger partial charge on any atom is -0.483 e. The van der Waals surface area contributed by atoms with Crippen LogP contribution in [0.5, 0.6) is 0 Å². The summed E-state index contributed by atoms with van der Waals surface area (Å²) in [6, 6.07) is 21.6. The highest BCUT2D eigenvalue weighted by Gasteiger charge is 2.50. The minimum absolute atomic E-state index is 0.230. The molecular weight excluding hydrogens is 408 g/mol. The number of benzene rings is 2. The van der Waals surface area contributed by atoms with Crippen LogP contribution in [0.3, 0.4) is 0 Å². The van der Waals surface area contributed by atoms with E-state index >= 15 is 0 Å². The van der Waals surface area contributed by atoms with Crippen molar-refractivity contribution < 1.29 is 14.7 Å². The van der Waals surface area contributed by atoms with E-state index in [-0.39, 0.29) is 17.8 Å². The van der Waals surface area contributed by atoms with Gasteiger partial charge in [0.15, 0.2) is 0 Å². The number of carbonyl (C=O) groups is 2. The Morgan fingerprint density at radius 2 is 1.58 bits per heavy atom. The van der Waals surface area contributed by atoms with Crippen molar-refractivity contribution in [2.75, 3.05) is 31.1 Å². The maximum atomic E-state index is 13.2. The molecule has 5 nitrogen and oxygen atoms in total. The quantitative estimate of drug-likeness (QED) is 0.645. The minimum atomic E-state index is -0.275. The van der Waals surface area contributed by atoms with Gasteiger partial charge in [0.05, 0.1) is 5.41 Å². The first-order chi connectivity index (χ1) is 15.2. The fourth-order valence-electron chi connectivity index (χ4n) is 4.51. The smallest absolute Gasteiger partial charge is 0.290 e. The van der Waals surface area contributed by atoms with Crippen LogP contribution in [0, 0.1) is 5.41 Å². The van der Waals surface area contributed by atoms with E-state index in [0.717, 1.165) is 25.9 Å². The van der Waals surface area contributed by atoms with E-state index in [1.54, 1.807) is 0 Å². The lowest BCUT2D eigenvalue weighted by molar-refractivity contribution is -0.144. The van der Waals surface area contributed by atoms with Gasteiger partial charge < -0.3 is 10.4 Å². The molecule has 4 rings (SSSR count). The summed E-state index contributed by atoms with van der Waals surface area (Å²) in [6.07, 6.45) is 4.25. The molecule has 2 fully saturated rings. The van der Waals surface area contributed by atoms with E-state index < -0.39 is 0 Å². The largest absolute Gasteiger partial charge is 0.483 e. The zero-order valence-corrected chi connectivity index (χ0v) is 18.7. The average molecular weight is 441 g/mol. The molecule has 0 unspecified atom stereocenters. The number of carboxylic acid groups (broad SMARTS) is 1. The Kier molecular flexibility index (Phi) is 8.98. The first-order valence-corrected chi connectivity index (χ1v) is 12.1. The Hall–Kier alpha value is -2.31. The predicted octanol–water partition coefficient (Wildman–Crippen LogP) is 3.49. The lowest BCUT2D eigenvalue weighted by atomic mass is 9.72. The van der Waals surface area contributed by atoms with Crippen molar-refractivity contribution in [1.29, 1.82) is 0 Å². The number of thioether (sulfide) groups is 1. The number of nitrogens with one attached hydrogen (secondary N) is 1. The Balaban J connectivity index is 0.000000858. The zero-order valence-electron chi connectivity index (χ0n) is 17.9. The molecule has 1 amide bonds. The number of amides is 1. The van der Waals surface area contributed by atoms with Gasteiger partial charge in [0, 0.05) is 25.7 Å². The maximum Gasteiger partial charge on any atom is 0.290 e. The normalized spacial score (nSPS) is 18.2. The van der Waals surface area contributed by atoms with Crippen molar-refractivity contribution >= 4 is 24.1 Å². The summed E-state index contributed by atoms with van der Waals surface area (Å²) in [5.41, 5.74) is 2.26. The van der Waals surface area contributed by atoms with E-state index in [9.17, 15) is 4.79 Å². The van der Waals surface area contributed by atoms with Crippen LogP contribution in [0.15, 0.2) is 60.7 Å². The van der Waals surface area contributed by atoms with E-state index in [4.69, 9.17) is 9.90 Å². The summed E-state index contributed by atoms with van der Waals surface area (Å²) in [5.74, 6) is 2.75. The average Bonchev–Trinajstić information content (AvgIpc) is 2.78. The maximum absolute atomic E-state index is 13.2. The number of likely N-dealkylation sites (tertiary alicyclic amines) is 1. The van der Waals surface area contributed by atoms with Crippen LogP contribution < -0.4 is 5.32 Å². The lowest BCUT2D eigenvalue weighted by Crippen LogP contribution is -2.66. The fraction of sp³-hybridized carbons (Fsp3) is 0.440. The predicted molar refractivity (Wildman–Crippen MR) is 126 cm³/mol. The van der Waals surface area contributed by atoms with E-state index in [1.807, 2.05) is 12.1 Å². The van der Waals surface area contributed by atoms with Gasteiger partial charge in [-0.05, 0) is 48.3 Å². The van der Waals surface area contributed by atoms with Crippen molar-refractivity contribution in [3.8, 4) is 0 Å². The fourth-order valence-corrected chi connectivity index (χ4v) is 5.60. The van der Waals surface area contributed by atoms with Crippen LogP contribution in [-0.2, 0) is 22.4 Å². The number of carbonyl (C=O) groups excluding carboxylic acids is 1. The molecule has 0 bridgehead atoms. The number of hydrogen-bond donors (Lipinski definition) is 2. The molecular formula is C25H32N2O3S. The van der Waals surface area contributed by atoms with Crippen LogP contribution in [0.25, 0.3) is 0 Å². The highest BCUT2D eigenvalue weighted by Crippen LogP contribution is 2.38. The summed E-state index contributed by atoms with van der Waals surface area (Å²) >= 11 is 2.06. The number of rotatable bonds is 7. The Morgan fingerprint density at radius 3 is 2.16 bits per heavy atom. The van der Waals surface area contributed by atoms with Crippen molar-refractivity contribution in [2.45, 2.75) is 31.7 Å². The summed E-state index contributed by atoms with van der Waals surface area (Å²) in [4.78, 5) is 24.1. The first-order valence-electron chi connectivity index (χ1n) is 10.9. The van der Waals surface area contributed by atoms with Gasteiger partial charge in [0.1, 0.15) is 0 Å². The van der Waals surface area contributed by atoms with Gasteiger partial charge in [-0.25, -0.2) is 0 Å². The third-order valence-corrected chi connectivity index (χ3v) is 7.18. The zero-order chi connectivity index (χ0) is 21.9.